The summed E-state index contributed by atoms with van der Waals surface area (Å²) >= 11 is 0. The summed E-state index contributed by atoms with van der Waals surface area (Å²) in [7, 11) is 0. The van der Waals surface area contributed by atoms with Crippen LogP contribution >= 0.6 is 0 Å². The highest BCUT2D eigenvalue weighted by Gasteiger charge is 2.36. The highest BCUT2D eigenvalue weighted by Crippen LogP contribution is 2.53. The van der Waals surface area contributed by atoms with E-state index in [1.807, 2.05) is 0 Å². The van der Waals surface area contributed by atoms with E-state index in [-0.39, 0.29) is 5.41 Å². The number of fused-ring (bicyclic) bond motifs is 6. The third-order valence-electron chi connectivity index (χ3n) is 12.7. The van der Waals surface area contributed by atoms with Crippen LogP contribution in [0.3, 0.4) is 0 Å². The summed E-state index contributed by atoms with van der Waals surface area (Å²) in [6.45, 7) is 4.74. The van der Waals surface area contributed by atoms with Crippen LogP contribution in [0.15, 0.2) is 224 Å². The van der Waals surface area contributed by atoms with E-state index in [1.165, 1.54) is 94.0 Å². The second kappa shape index (κ2) is 14.4. The van der Waals surface area contributed by atoms with Gasteiger partial charge in [-0.1, -0.05) is 214 Å². The monoisotopic (exact) mass is 765 g/mol. The maximum Gasteiger partial charge on any atom is 0.0624 e. The number of hydrogen-bond acceptors (Lipinski definition) is 1. The van der Waals surface area contributed by atoms with E-state index in [0.29, 0.717) is 0 Å². The summed E-state index contributed by atoms with van der Waals surface area (Å²) in [5.74, 6) is 0. The average Bonchev–Trinajstić information content (AvgIpc) is 3.55. The van der Waals surface area contributed by atoms with Gasteiger partial charge < -0.3 is 4.90 Å². The van der Waals surface area contributed by atoms with Crippen LogP contribution in [-0.4, -0.2) is 0 Å². The Bertz CT molecular complexity index is 3200. The van der Waals surface area contributed by atoms with Gasteiger partial charge in [-0.15, -0.1) is 0 Å². The van der Waals surface area contributed by atoms with Gasteiger partial charge in [-0.3, -0.25) is 0 Å². The SMILES string of the molecule is CC1(C)c2ccccc2-c2ccc(N(c3ccc(-c4ccccc4-c4ccccc4)cc3)c3c(-c4ccc(-c5ccccc5)cc4)c4ccccc4c4ccccc34)cc21. The Morgan fingerprint density at radius 3 is 1.40 bits per heavy atom. The fourth-order valence-corrected chi connectivity index (χ4v) is 9.74. The van der Waals surface area contributed by atoms with Crippen LogP contribution in [-0.2, 0) is 5.41 Å². The van der Waals surface area contributed by atoms with E-state index in [1.54, 1.807) is 0 Å². The summed E-state index contributed by atoms with van der Waals surface area (Å²) < 4.78 is 0. The van der Waals surface area contributed by atoms with E-state index in [9.17, 15) is 0 Å². The van der Waals surface area contributed by atoms with Crippen molar-refractivity contribution in [1.29, 1.82) is 0 Å². The molecule has 0 amide bonds. The lowest BCUT2D eigenvalue weighted by Crippen LogP contribution is -2.17. The highest BCUT2D eigenvalue weighted by molar-refractivity contribution is 6.22. The quantitative estimate of drug-likeness (QED) is 0.146. The van der Waals surface area contributed by atoms with Gasteiger partial charge in [-0.25, -0.2) is 0 Å². The van der Waals surface area contributed by atoms with Gasteiger partial charge in [0.2, 0.25) is 0 Å². The molecule has 1 aliphatic carbocycles. The first-order valence-electron chi connectivity index (χ1n) is 20.9. The molecule has 0 saturated carbocycles. The topological polar surface area (TPSA) is 3.24 Å². The minimum absolute atomic E-state index is 0.153. The van der Waals surface area contributed by atoms with Crippen molar-refractivity contribution in [2.45, 2.75) is 19.3 Å². The van der Waals surface area contributed by atoms with Crippen LogP contribution < -0.4 is 4.90 Å². The Morgan fingerprint density at radius 2 is 0.733 bits per heavy atom. The Labute approximate surface area is 352 Å². The maximum atomic E-state index is 2.53. The zero-order valence-corrected chi connectivity index (χ0v) is 33.8. The zero-order chi connectivity index (χ0) is 40.2. The number of hydrogen-bond donors (Lipinski definition) is 0. The van der Waals surface area contributed by atoms with Gasteiger partial charge in [0.25, 0.3) is 0 Å². The van der Waals surface area contributed by atoms with Crippen molar-refractivity contribution in [3.63, 3.8) is 0 Å². The van der Waals surface area contributed by atoms with E-state index in [4.69, 9.17) is 0 Å². The molecule has 0 spiro atoms. The van der Waals surface area contributed by atoms with Crippen molar-refractivity contribution >= 4 is 38.6 Å². The lowest BCUT2D eigenvalue weighted by molar-refractivity contribution is 0.660. The molecule has 284 valence electrons. The van der Waals surface area contributed by atoms with Crippen molar-refractivity contribution < 1.29 is 0 Å². The molecule has 0 bridgehead atoms. The van der Waals surface area contributed by atoms with E-state index in [2.05, 4.69) is 243 Å². The first-order chi connectivity index (χ1) is 29.5. The summed E-state index contributed by atoms with van der Waals surface area (Å²) in [6, 6.07) is 82.5. The van der Waals surface area contributed by atoms with Crippen molar-refractivity contribution in [3.8, 4) is 55.6 Å². The standard InChI is InChI=1S/C59H43N/c1-59(2)55-28-16-15-25-51(55)52-38-37-46(39-56(52)59)60(45-35-33-43(34-36-45)48-22-10-9-21-47(48)42-19-7-4-8-20-42)58-54-27-14-12-24-50(54)49-23-11-13-26-53(49)57(58)44-31-29-41(30-32-44)40-17-5-3-6-18-40/h3-39H,1-2H3. The number of rotatable bonds is 7. The molecule has 0 radical (unpaired) electrons. The second-order valence-corrected chi connectivity index (χ2v) is 16.5. The molecule has 1 aliphatic rings. The zero-order valence-electron chi connectivity index (χ0n) is 33.8. The summed E-state index contributed by atoms with van der Waals surface area (Å²) in [6.07, 6.45) is 0. The Hall–Kier alpha value is -7.48. The molecule has 0 saturated heterocycles. The summed E-state index contributed by atoms with van der Waals surface area (Å²) in [4.78, 5) is 2.53. The van der Waals surface area contributed by atoms with E-state index < -0.39 is 0 Å². The fourth-order valence-electron chi connectivity index (χ4n) is 9.74. The predicted molar refractivity (Wildman–Crippen MR) is 255 cm³/mol. The molecule has 0 aromatic heterocycles. The third kappa shape index (κ3) is 5.85. The van der Waals surface area contributed by atoms with Crippen LogP contribution in [0.25, 0.3) is 77.2 Å². The first-order valence-corrected chi connectivity index (χ1v) is 20.9. The van der Waals surface area contributed by atoms with E-state index >= 15 is 0 Å². The number of nitrogens with zero attached hydrogens (tertiary/aromatic N) is 1. The normalized spacial score (nSPS) is 12.6. The lowest BCUT2D eigenvalue weighted by atomic mass is 9.82. The van der Waals surface area contributed by atoms with Crippen LogP contribution in [0.1, 0.15) is 25.0 Å². The molecule has 1 heteroatoms. The molecule has 0 N–H and O–H groups in total. The average molecular weight is 766 g/mol. The van der Waals surface area contributed by atoms with E-state index in [0.717, 1.165) is 11.4 Å². The van der Waals surface area contributed by atoms with Gasteiger partial charge in [-0.2, -0.15) is 0 Å². The third-order valence-corrected chi connectivity index (χ3v) is 12.7. The highest BCUT2D eigenvalue weighted by atomic mass is 15.1. The molecule has 10 aromatic rings. The molecule has 10 aromatic carbocycles. The first kappa shape index (κ1) is 35.7. The Kier molecular flexibility index (Phi) is 8.57. The van der Waals surface area contributed by atoms with Crippen molar-refractivity contribution in [1.82, 2.24) is 0 Å². The number of benzene rings is 10. The lowest BCUT2D eigenvalue weighted by Gasteiger charge is -2.32. The van der Waals surface area contributed by atoms with Crippen LogP contribution in [0.5, 0.6) is 0 Å². The Balaban J connectivity index is 1.17. The maximum absolute atomic E-state index is 2.53. The van der Waals surface area contributed by atoms with Crippen molar-refractivity contribution in [3.05, 3.63) is 236 Å². The van der Waals surface area contributed by atoms with Gasteiger partial charge in [0.05, 0.1) is 5.69 Å². The molecule has 0 atom stereocenters. The van der Waals surface area contributed by atoms with Gasteiger partial charge in [0.1, 0.15) is 0 Å². The van der Waals surface area contributed by atoms with Crippen molar-refractivity contribution in [2.24, 2.45) is 0 Å². The van der Waals surface area contributed by atoms with Gasteiger partial charge in [0, 0.05) is 27.7 Å². The van der Waals surface area contributed by atoms with Gasteiger partial charge in [0.15, 0.2) is 0 Å². The summed E-state index contributed by atoms with van der Waals surface area (Å²) in [5.41, 5.74) is 18.3. The smallest absolute Gasteiger partial charge is 0.0624 e. The molecule has 11 rings (SSSR count). The Morgan fingerprint density at radius 1 is 0.300 bits per heavy atom. The molecular formula is C59H43N. The van der Waals surface area contributed by atoms with Gasteiger partial charge >= 0.3 is 0 Å². The fraction of sp³-hybridized carbons (Fsp3) is 0.0508. The molecule has 0 unspecified atom stereocenters. The number of anilines is 3. The van der Waals surface area contributed by atoms with Crippen molar-refractivity contribution in [2.75, 3.05) is 4.90 Å². The molecular weight excluding hydrogens is 723 g/mol. The molecule has 0 fully saturated rings. The molecule has 1 nitrogen and oxygen atoms in total. The van der Waals surface area contributed by atoms with Crippen LogP contribution in [0.2, 0.25) is 0 Å². The molecule has 0 heterocycles. The van der Waals surface area contributed by atoms with Crippen LogP contribution in [0.4, 0.5) is 17.1 Å². The molecule has 0 aliphatic heterocycles. The predicted octanol–water partition coefficient (Wildman–Crippen LogP) is 16.4. The second-order valence-electron chi connectivity index (χ2n) is 16.5. The molecule has 60 heavy (non-hydrogen) atoms. The van der Waals surface area contributed by atoms with Crippen LogP contribution in [0, 0.1) is 0 Å². The minimum atomic E-state index is -0.153. The minimum Gasteiger partial charge on any atom is -0.309 e. The largest absolute Gasteiger partial charge is 0.309 e. The summed E-state index contributed by atoms with van der Waals surface area (Å²) in [5, 5.41) is 4.92. The van der Waals surface area contributed by atoms with Gasteiger partial charge in [-0.05, 0) is 102 Å².